The van der Waals surface area contributed by atoms with Crippen molar-refractivity contribution < 1.29 is 14.3 Å². The fourth-order valence-corrected chi connectivity index (χ4v) is 3.85. The highest BCUT2D eigenvalue weighted by Gasteiger charge is 2.44. The molecule has 1 amide bonds. The van der Waals surface area contributed by atoms with Crippen LogP contribution in [0, 0.1) is 0 Å². The molecule has 0 N–H and O–H groups in total. The number of ether oxygens (including phenoxy) is 1. The molecule has 2 heterocycles. The minimum absolute atomic E-state index is 0.0241. The topological polar surface area (TPSA) is 46.6 Å². The Morgan fingerprint density at radius 2 is 1.76 bits per heavy atom. The van der Waals surface area contributed by atoms with Crippen molar-refractivity contribution in [1.82, 2.24) is 4.90 Å². The highest BCUT2D eigenvalue weighted by atomic mass is 35.5. The minimum atomic E-state index is -0.553. The van der Waals surface area contributed by atoms with E-state index in [0.29, 0.717) is 54.3 Å². The number of hydrogen-bond donors (Lipinski definition) is 0. The maximum absolute atomic E-state index is 12.6. The van der Waals surface area contributed by atoms with Gasteiger partial charge in [-0.25, -0.2) is 0 Å². The van der Waals surface area contributed by atoms with Crippen LogP contribution in [0.25, 0.3) is 0 Å². The molecule has 0 saturated carbocycles. The molecule has 4 nitrogen and oxygen atoms in total. The van der Waals surface area contributed by atoms with Crippen LogP contribution >= 0.6 is 11.6 Å². The number of nitrogens with zero attached hydrogens (tertiary/aromatic N) is 1. The normalized spacial score (nSPS) is 18.6. The van der Waals surface area contributed by atoms with Crippen LogP contribution in [0.2, 0.25) is 5.02 Å². The van der Waals surface area contributed by atoms with E-state index >= 15 is 0 Å². The maximum Gasteiger partial charge on any atom is 0.253 e. The molecule has 2 aliphatic heterocycles. The number of piperidine rings is 1. The second kappa shape index (κ2) is 6.19. The molecule has 2 aliphatic rings. The summed E-state index contributed by atoms with van der Waals surface area (Å²) in [7, 11) is 0. The van der Waals surface area contributed by atoms with Gasteiger partial charge in [0.2, 0.25) is 0 Å². The first kappa shape index (κ1) is 16.2. The second-order valence-corrected chi connectivity index (χ2v) is 7.07. The zero-order valence-corrected chi connectivity index (χ0v) is 14.5. The van der Waals surface area contributed by atoms with Crippen molar-refractivity contribution in [2.24, 2.45) is 0 Å². The van der Waals surface area contributed by atoms with Crippen molar-refractivity contribution in [2.75, 3.05) is 13.1 Å². The molecule has 0 bridgehead atoms. The molecular formula is C20H18ClNO3. The average molecular weight is 356 g/mol. The van der Waals surface area contributed by atoms with Gasteiger partial charge >= 0.3 is 0 Å². The molecule has 0 radical (unpaired) electrons. The number of rotatable bonds is 1. The average Bonchev–Trinajstić information content (AvgIpc) is 2.64. The lowest BCUT2D eigenvalue weighted by molar-refractivity contribution is -0.00564. The zero-order chi connectivity index (χ0) is 17.4. The van der Waals surface area contributed by atoms with Gasteiger partial charge < -0.3 is 9.64 Å². The smallest absolute Gasteiger partial charge is 0.253 e. The highest BCUT2D eigenvalue weighted by Crippen LogP contribution is 2.42. The van der Waals surface area contributed by atoms with Gasteiger partial charge in [-0.15, -0.1) is 0 Å². The molecule has 2 aromatic carbocycles. The van der Waals surface area contributed by atoms with Crippen molar-refractivity contribution in [3.63, 3.8) is 0 Å². The first-order valence-corrected chi connectivity index (χ1v) is 8.81. The van der Waals surface area contributed by atoms with E-state index in [4.69, 9.17) is 16.3 Å². The Labute approximate surface area is 151 Å². The van der Waals surface area contributed by atoms with E-state index in [2.05, 4.69) is 0 Å². The Kier molecular flexibility index (Phi) is 4.00. The summed E-state index contributed by atoms with van der Waals surface area (Å²) in [4.78, 5) is 26.9. The van der Waals surface area contributed by atoms with Gasteiger partial charge in [0.25, 0.3) is 5.91 Å². The molecule has 1 saturated heterocycles. The van der Waals surface area contributed by atoms with Crippen LogP contribution in [0.5, 0.6) is 5.75 Å². The highest BCUT2D eigenvalue weighted by molar-refractivity contribution is 6.32. The molecule has 0 aliphatic carbocycles. The lowest BCUT2D eigenvalue weighted by atomic mass is 9.82. The van der Waals surface area contributed by atoms with Gasteiger partial charge in [-0.2, -0.15) is 0 Å². The van der Waals surface area contributed by atoms with Crippen molar-refractivity contribution in [1.29, 1.82) is 0 Å². The Morgan fingerprint density at radius 1 is 1.04 bits per heavy atom. The summed E-state index contributed by atoms with van der Waals surface area (Å²) in [6.45, 7) is 1.14. The number of Topliss-reactive ketones (excluding diaryl/α,β-unsaturated/α-hetero) is 1. The SMILES string of the molecule is O=C1CC2(CCN(C(=O)c3ccccc3)CC2)Oc2c(Cl)cccc21. The summed E-state index contributed by atoms with van der Waals surface area (Å²) >= 11 is 6.23. The van der Waals surface area contributed by atoms with Crippen molar-refractivity contribution in [2.45, 2.75) is 24.9 Å². The van der Waals surface area contributed by atoms with E-state index in [-0.39, 0.29) is 11.7 Å². The van der Waals surface area contributed by atoms with Crippen molar-refractivity contribution in [3.8, 4) is 5.75 Å². The summed E-state index contributed by atoms with van der Waals surface area (Å²) in [5, 5.41) is 0.465. The van der Waals surface area contributed by atoms with Crippen LogP contribution in [0.15, 0.2) is 48.5 Å². The third-order valence-electron chi connectivity index (χ3n) is 5.05. The van der Waals surface area contributed by atoms with E-state index in [1.165, 1.54) is 0 Å². The lowest BCUT2D eigenvalue weighted by Crippen LogP contribution is -2.52. The van der Waals surface area contributed by atoms with Crippen molar-refractivity contribution in [3.05, 3.63) is 64.7 Å². The number of benzene rings is 2. The van der Waals surface area contributed by atoms with Crippen LogP contribution in [0.4, 0.5) is 0 Å². The molecule has 0 aromatic heterocycles. The van der Waals surface area contributed by atoms with Gasteiger partial charge in [0.15, 0.2) is 5.78 Å². The van der Waals surface area contributed by atoms with Crippen molar-refractivity contribution >= 4 is 23.3 Å². The third-order valence-corrected chi connectivity index (χ3v) is 5.35. The Hall–Kier alpha value is -2.33. The van der Waals surface area contributed by atoms with Gasteiger partial charge in [0, 0.05) is 31.5 Å². The van der Waals surface area contributed by atoms with E-state index in [1.807, 2.05) is 35.2 Å². The minimum Gasteiger partial charge on any atom is -0.484 e. The Bertz CT molecular complexity index is 826. The van der Waals surface area contributed by atoms with E-state index < -0.39 is 5.60 Å². The number of carbonyl (C=O) groups excluding carboxylic acids is 2. The number of amides is 1. The first-order valence-electron chi connectivity index (χ1n) is 8.43. The largest absolute Gasteiger partial charge is 0.484 e. The van der Waals surface area contributed by atoms with Crippen LogP contribution in [-0.2, 0) is 0 Å². The predicted octanol–water partition coefficient (Wildman–Crippen LogP) is 3.98. The second-order valence-electron chi connectivity index (χ2n) is 6.66. The molecule has 4 rings (SSSR count). The maximum atomic E-state index is 12.6. The molecule has 25 heavy (non-hydrogen) atoms. The monoisotopic (exact) mass is 355 g/mol. The van der Waals surface area contributed by atoms with Crippen LogP contribution in [-0.4, -0.2) is 35.3 Å². The van der Waals surface area contributed by atoms with Gasteiger partial charge in [0.05, 0.1) is 17.0 Å². The molecule has 0 atom stereocenters. The number of halogens is 1. The molecule has 1 spiro atoms. The van der Waals surface area contributed by atoms with Gasteiger partial charge in [-0.05, 0) is 24.3 Å². The van der Waals surface area contributed by atoms with Crippen LogP contribution in [0.1, 0.15) is 40.0 Å². The number of carbonyl (C=O) groups is 2. The Morgan fingerprint density at radius 3 is 2.48 bits per heavy atom. The molecule has 2 aromatic rings. The first-order chi connectivity index (χ1) is 12.1. The molecule has 1 fully saturated rings. The molecular weight excluding hydrogens is 338 g/mol. The van der Waals surface area contributed by atoms with E-state index in [0.717, 1.165) is 0 Å². The summed E-state index contributed by atoms with van der Waals surface area (Å²) < 4.78 is 6.20. The van der Waals surface area contributed by atoms with E-state index in [1.54, 1.807) is 18.2 Å². The summed E-state index contributed by atoms with van der Waals surface area (Å²) in [6, 6.07) is 14.5. The van der Waals surface area contributed by atoms with Gasteiger partial charge in [-0.3, -0.25) is 9.59 Å². The molecule has 128 valence electrons. The molecule has 0 unspecified atom stereocenters. The number of fused-ring (bicyclic) bond motifs is 1. The fraction of sp³-hybridized carbons (Fsp3) is 0.300. The predicted molar refractivity (Wildman–Crippen MR) is 95.3 cm³/mol. The Balaban J connectivity index is 1.51. The van der Waals surface area contributed by atoms with Gasteiger partial charge in [0.1, 0.15) is 11.4 Å². The fourth-order valence-electron chi connectivity index (χ4n) is 3.63. The summed E-state index contributed by atoms with van der Waals surface area (Å²) in [5.74, 6) is 0.575. The standard InChI is InChI=1S/C20H18ClNO3/c21-16-8-4-7-15-17(23)13-20(25-18(15)16)9-11-22(12-10-20)19(24)14-5-2-1-3-6-14/h1-8H,9-13H2. The van der Waals surface area contributed by atoms with Crippen LogP contribution in [0.3, 0.4) is 0 Å². The van der Waals surface area contributed by atoms with E-state index in [9.17, 15) is 9.59 Å². The lowest BCUT2D eigenvalue weighted by Gasteiger charge is -2.44. The third kappa shape index (κ3) is 2.91. The zero-order valence-electron chi connectivity index (χ0n) is 13.7. The number of para-hydroxylation sites is 1. The van der Waals surface area contributed by atoms with Crippen LogP contribution < -0.4 is 4.74 Å². The summed E-state index contributed by atoms with van der Waals surface area (Å²) in [5.41, 5.74) is 0.691. The number of likely N-dealkylation sites (tertiary alicyclic amines) is 1. The molecule has 5 heteroatoms. The number of ketones is 1. The number of hydrogen-bond acceptors (Lipinski definition) is 3. The quantitative estimate of drug-likeness (QED) is 0.777. The van der Waals surface area contributed by atoms with Gasteiger partial charge in [-0.1, -0.05) is 35.9 Å². The summed E-state index contributed by atoms with van der Waals surface area (Å²) in [6.07, 6.45) is 1.59.